The van der Waals surface area contributed by atoms with Crippen LogP contribution in [-0.2, 0) is 6.42 Å². The van der Waals surface area contributed by atoms with E-state index in [2.05, 4.69) is 29.2 Å². The highest BCUT2D eigenvalue weighted by atomic mass is 19.1. The molecule has 4 heteroatoms. The Hall–Kier alpha value is -2.33. The number of likely N-dealkylation sites (tertiary alicyclic amines) is 1. The van der Waals surface area contributed by atoms with E-state index < -0.39 is 11.6 Å². The summed E-state index contributed by atoms with van der Waals surface area (Å²) < 4.78 is 27.0. The number of hydrogen-bond acceptors (Lipinski definition) is 2. The maximum Gasteiger partial charge on any atom is 0.168 e. The zero-order valence-electron chi connectivity index (χ0n) is 16.0. The Bertz CT molecular complexity index is 883. The zero-order valence-corrected chi connectivity index (χ0v) is 16.0. The van der Waals surface area contributed by atoms with Gasteiger partial charge in [-0.3, -0.25) is 9.69 Å². The predicted octanol–water partition coefficient (Wildman–Crippen LogP) is 5.19. The van der Waals surface area contributed by atoms with E-state index in [1.807, 2.05) is 6.07 Å². The summed E-state index contributed by atoms with van der Waals surface area (Å²) in [5.74, 6) is -1.76. The first-order valence-electron chi connectivity index (χ1n) is 10.1. The Morgan fingerprint density at radius 1 is 0.964 bits per heavy atom. The van der Waals surface area contributed by atoms with Gasteiger partial charge in [0.2, 0.25) is 0 Å². The van der Waals surface area contributed by atoms with Crippen molar-refractivity contribution in [3.63, 3.8) is 0 Å². The normalized spacial score (nSPS) is 18.2. The first-order valence-corrected chi connectivity index (χ1v) is 10.1. The van der Waals surface area contributed by atoms with Crippen LogP contribution in [0.2, 0.25) is 0 Å². The monoisotopic (exact) mass is 381 g/mol. The molecule has 146 valence electrons. The van der Waals surface area contributed by atoms with Gasteiger partial charge >= 0.3 is 0 Å². The van der Waals surface area contributed by atoms with Crippen LogP contribution in [-0.4, -0.2) is 30.3 Å². The molecule has 2 aromatic carbocycles. The van der Waals surface area contributed by atoms with E-state index in [4.69, 9.17) is 0 Å². The van der Waals surface area contributed by atoms with Gasteiger partial charge in [0.15, 0.2) is 5.78 Å². The SMILES string of the molecule is O=C(c1ccc(F)cc1F)C1CCN(CC2=C(Cc3ccccc3)CC2)CC1. The molecule has 28 heavy (non-hydrogen) atoms. The second kappa shape index (κ2) is 8.36. The van der Waals surface area contributed by atoms with Crippen LogP contribution in [0.15, 0.2) is 59.7 Å². The van der Waals surface area contributed by atoms with Crippen molar-refractivity contribution in [2.45, 2.75) is 32.1 Å². The highest BCUT2D eigenvalue weighted by Gasteiger charge is 2.29. The van der Waals surface area contributed by atoms with Gasteiger partial charge in [0.1, 0.15) is 11.6 Å². The van der Waals surface area contributed by atoms with Gasteiger partial charge in [-0.15, -0.1) is 0 Å². The maximum absolute atomic E-state index is 13.9. The van der Waals surface area contributed by atoms with Crippen molar-refractivity contribution in [3.8, 4) is 0 Å². The number of hydrogen-bond donors (Lipinski definition) is 0. The Kier molecular flexibility index (Phi) is 5.67. The minimum atomic E-state index is -0.752. The van der Waals surface area contributed by atoms with E-state index in [9.17, 15) is 13.6 Å². The van der Waals surface area contributed by atoms with Gasteiger partial charge in [0.25, 0.3) is 0 Å². The highest BCUT2D eigenvalue weighted by Crippen LogP contribution is 2.32. The number of benzene rings is 2. The molecule has 2 nitrogen and oxygen atoms in total. The summed E-state index contributed by atoms with van der Waals surface area (Å²) in [6, 6.07) is 13.8. The molecule has 1 fully saturated rings. The molecule has 0 bridgehead atoms. The quantitative estimate of drug-likeness (QED) is 0.507. The molecule has 2 aliphatic rings. The minimum absolute atomic E-state index is 0.0201. The molecule has 0 amide bonds. The topological polar surface area (TPSA) is 20.3 Å². The molecule has 0 atom stereocenters. The third kappa shape index (κ3) is 4.22. The van der Waals surface area contributed by atoms with Gasteiger partial charge in [-0.25, -0.2) is 8.78 Å². The fraction of sp³-hybridized carbons (Fsp3) is 0.375. The Morgan fingerprint density at radius 3 is 2.32 bits per heavy atom. The Balaban J connectivity index is 1.32. The lowest BCUT2D eigenvalue weighted by Gasteiger charge is -2.35. The molecular formula is C24H25F2NO. The van der Waals surface area contributed by atoms with Crippen LogP contribution in [0.1, 0.15) is 41.6 Å². The fourth-order valence-electron chi connectivity index (χ4n) is 4.26. The predicted molar refractivity (Wildman–Crippen MR) is 106 cm³/mol. The summed E-state index contributed by atoms with van der Waals surface area (Å²) in [5, 5.41) is 0. The van der Waals surface area contributed by atoms with E-state index >= 15 is 0 Å². The van der Waals surface area contributed by atoms with Gasteiger partial charge < -0.3 is 0 Å². The maximum atomic E-state index is 13.9. The van der Waals surface area contributed by atoms with Crippen molar-refractivity contribution >= 4 is 5.78 Å². The molecule has 2 aromatic rings. The van der Waals surface area contributed by atoms with Crippen LogP contribution in [0.3, 0.4) is 0 Å². The fourth-order valence-corrected chi connectivity index (χ4v) is 4.26. The molecule has 0 saturated carbocycles. The molecule has 0 N–H and O–H groups in total. The first-order chi connectivity index (χ1) is 13.6. The van der Waals surface area contributed by atoms with Crippen LogP contribution in [0.4, 0.5) is 8.78 Å². The average molecular weight is 381 g/mol. The number of Topliss-reactive ketones (excluding diaryl/α,β-unsaturated/α-hetero) is 1. The lowest BCUT2D eigenvalue weighted by Crippen LogP contribution is -2.38. The number of allylic oxidation sites excluding steroid dienone is 1. The summed E-state index contributed by atoms with van der Waals surface area (Å²) in [6.45, 7) is 2.68. The van der Waals surface area contributed by atoms with Crippen molar-refractivity contribution in [1.82, 2.24) is 4.90 Å². The number of carbonyl (C=O) groups is 1. The van der Waals surface area contributed by atoms with Crippen LogP contribution < -0.4 is 0 Å². The van der Waals surface area contributed by atoms with E-state index in [0.29, 0.717) is 0 Å². The zero-order chi connectivity index (χ0) is 19.5. The third-order valence-corrected chi connectivity index (χ3v) is 6.06. The van der Waals surface area contributed by atoms with Crippen molar-refractivity contribution in [3.05, 3.63) is 82.4 Å². The van der Waals surface area contributed by atoms with Gasteiger partial charge in [0.05, 0.1) is 5.56 Å². The molecule has 0 radical (unpaired) electrons. The number of carbonyl (C=O) groups excluding carboxylic acids is 1. The molecule has 0 aromatic heterocycles. The van der Waals surface area contributed by atoms with E-state index in [0.717, 1.165) is 51.0 Å². The second-order valence-electron chi connectivity index (χ2n) is 7.91. The molecular weight excluding hydrogens is 356 g/mol. The molecule has 1 aliphatic heterocycles. The first kappa shape index (κ1) is 19.0. The highest BCUT2D eigenvalue weighted by molar-refractivity contribution is 5.98. The number of nitrogens with zero attached hydrogens (tertiary/aromatic N) is 1. The van der Waals surface area contributed by atoms with Crippen LogP contribution >= 0.6 is 0 Å². The summed E-state index contributed by atoms with van der Waals surface area (Å²) in [7, 11) is 0. The molecule has 1 heterocycles. The van der Waals surface area contributed by atoms with Gasteiger partial charge in [-0.1, -0.05) is 41.5 Å². The summed E-state index contributed by atoms with van der Waals surface area (Å²) in [4.78, 5) is 15.0. The lowest BCUT2D eigenvalue weighted by molar-refractivity contribution is 0.0841. The molecule has 4 rings (SSSR count). The van der Waals surface area contributed by atoms with E-state index in [1.54, 1.807) is 11.1 Å². The second-order valence-corrected chi connectivity index (χ2v) is 7.91. The van der Waals surface area contributed by atoms with Gasteiger partial charge in [0, 0.05) is 18.5 Å². The number of halogens is 2. The summed E-state index contributed by atoms with van der Waals surface area (Å²) in [6.07, 6.45) is 4.85. The largest absolute Gasteiger partial charge is 0.299 e. The molecule has 0 spiro atoms. The van der Waals surface area contributed by atoms with Crippen molar-refractivity contribution in [2.75, 3.05) is 19.6 Å². The van der Waals surface area contributed by atoms with Gasteiger partial charge in [-0.05, 0) is 62.9 Å². The number of rotatable bonds is 6. The smallest absolute Gasteiger partial charge is 0.168 e. The van der Waals surface area contributed by atoms with Crippen molar-refractivity contribution < 1.29 is 13.6 Å². The Labute approximate surface area is 164 Å². The Morgan fingerprint density at radius 2 is 1.68 bits per heavy atom. The van der Waals surface area contributed by atoms with Crippen LogP contribution in [0, 0.1) is 17.6 Å². The van der Waals surface area contributed by atoms with E-state index in [1.165, 1.54) is 24.5 Å². The lowest BCUT2D eigenvalue weighted by atomic mass is 9.83. The molecule has 1 aliphatic carbocycles. The van der Waals surface area contributed by atoms with E-state index in [-0.39, 0.29) is 17.3 Å². The molecule has 1 saturated heterocycles. The van der Waals surface area contributed by atoms with Gasteiger partial charge in [-0.2, -0.15) is 0 Å². The van der Waals surface area contributed by atoms with Crippen molar-refractivity contribution in [1.29, 1.82) is 0 Å². The average Bonchev–Trinajstić information content (AvgIpc) is 2.70. The minimum Gasteiger partial charge on any atom is -0.299 e. The van der Waals surface area contributed by atoms with Crippen molar-refractivity contribution in [2.24, 2.45) is 5.92 Å². The third-order valence-electron chi connectivity index (χ3n) is 6.06. The summed E-state index contributed by atoms with van der Waals surface area (Å²) >= 11 is 0. The number of piperidine rings is 1. The van der Waals surface area contributed by atoms with Crippen LogP contribution in [0.5, 0.6) is 0 Å². The van der Waals surface area contributed by atoms with Crippen LogP contribution in [0.25, 0.3) is 0 Å². The summed E-state index contributed by atoms with van der Waals surface area (Å²) in [5.41, 5.74) is 4.48. The molecule has 0 unspecified atom stereocenters. The number of ketones is 1. The standard InChI is InChI=1S/C24H25F2NO/c25-21-8-9-22(23(26)15-21)24(28)18-10-12-27(13-11-18)16-20-7-6-19(20)14-17-4-2-1-3-5-17/h1-5,8-9,15,18H,6-7,10-14,16H2.